The molecule has 0 amide bonds. The summed E-state index contributed by atoms with van der Waals surface area (Å²) >= 11 is 0. The van der Waals surface area contributed by atoms with Crippen LogP contribution in [0.4, 0.5) is 26.3 Å². The van der Waals surface area contributed by atoms with Crippen LogP contribution in [0.1, 0.15) is 12.2 Å². The van der Waals surface area contributed by atoms with Crippen LogP contribution < -0.4 is 4.74 Å². The Labute approximate surface area is 146 Å². The molecule has 1 saturated carbocycles. The summed E-state index contributed by atoms with van der Waals surface area (Å²) in [5, 5.41) is 6.44. The highest BCUT2D eigenvalue weighted by Crippen LogP contribution is 2.48. The molecule has 0 bridgehead atoms. The molecule has 3 aromatic heterocycles. The fraction of sp³-hybridized carbons (Fsp3) is 0.333. The molecule has 27 heavy (non-hydrogen) atoms. The minimum Gasteiger partial charge on any atom is -0.475 e. The molecule has 0 aromatic carbocycles. The number of halogens is 6. The van der Waals surface area contributed by atoms with E-state index in [1.165, 1.54) is 0 Å². The van der Waals surface area contributed by atoms with Gasteiger partial charge >= 0.3 is 6.18 Å². The highest BCUT2D eigenvalue weighted by Gasteiger charge is 2.57. The van der Waals surface area contributed by atoms with E-state index in [-0.39, 0.29) is 29.9 Å². The Bertz CT molecular complexity index is 1020. The summed E-state index contributed by atoms with van der Waals surface area (Å²) in [5.74, 6) is -6.44. The van der Waals surface area contributed by atoms with E-state index in [1.807, 2.05) is 0 Å². The van der Waals surface area contributed by atoms with Crippen molar-refractivity contribution in [3.05, 3.63) is 36.3 Å². The molecule has 6 nitrogen and oxygen atoms in total. The number of aromatic nitrogens is 5. The van der Waals surface area contributed by atoms with E-state index in [1.54, 1.807) is 0 Å². The van der Waals surface area contributed by atoms with Gasteiger partial charge < -0.3 is 4.74 Å². The smallest absolute Gasteiger partial charge is 0.452 e. The lowest BCUT2D eigenvalue weighted by Crippen LogP contribution is -2.11. The lowest BCUT2D eigenvalue weighted by Gasteiger charge is -2.08. The van der Waals surface area contributed by atoms with Gasteiger partial charge in [0, 0.05) is 24.4 Å². The Morgan fingerprint density at radius 3 is 2.56 bits per heavy atom. The van der Waals surface area contributed by atoms with Gasteiger partial charge in [0.05, 0.1) is 24.4 Å². The number of rotatable bonds is 4. The van der Waals surface area contributed by atoms with Gasteiger partial charge in [-0.15, -0.1) is 10.2 Å². The quantitative estimate of drug-likeness (QED) is 0.640. The summed E-state index contributed by atoms with van der Waals surface area (Å²) in [5.41, 5.74) is -0.0791. The first-order valence-electron chi connectivity index (χ1n) is 7.60. The molecule has 3 aromatic rings. The van der Waals surface area contributed by atoms with Crippen LogP contribution in [-0.4, -0.2) is 37.1 Å². The minimum atomic E-state index is -4.73. The van der Waals surface area contributed by atoms with Crippen molar-refractivity contribution in [1.29, 1.82) is 0 Å². The largest absolute Gasteiger partial charge is 0.475 e. The summed E-state index contributed by atoms with van der Waals surface area (Å²) in [4.78, 5) is 7.61. The maximum Gasteiger partial charge on any atom is 0.452 e. The average Bonchev–Trinajstić information content (AvgIpc) is 3.01. The monoisotopic (exact) mass is 389 g/mol. The lowest BCUT2D eigenvalue weighted by atomic mass is 10.2. The highest BCUT2D eigenvalue weighted by molar-refractivity contribution is 5.59. The zero-order chi connectivity index (χ0) is 19.4. The Morgan fingerprint density at radius 2 is 1.93 bits per heavy atom. The highest BCUT2D eigenvalue weighted by atomic mass is 19.4. The van der Waals surface area contributed by atoms with Gasteiger partial charge in [-0.05, 0) is 6.07 Å². The molecule has 0 spiro atoms. The molecule has 3 heterocycles. The maximum atomic E-state index is 14.1. The van der Waals surface area contributed by atoms with E-state index < -0.39 is 35.5 Å². The lowest BCUT2D eigenvalue weighted by molar-refractivity contribution is -0.145. The molecule has 1 fully saturated rings. The topological polar surface area (TPSA) is 65.2 Å². The van der Waals surface area contributed by atoms with Crippen LogP contribution in [0.15, 0.2) is 24.7 Å². The summed E-state index contributed by atoms with van der Waals surface area (Å²) < 4.78 is 84.1. The van der Waals surface area contributed by atoms with Gasteiger partial charge in [0.1, 0.15) is 0 Å². The number of hydrogen-bond donors (Lipinski definition) is 0. The van der Waals surface area contributed by atoms with Crippen molar-refractivity contribution < 1.29 is 31.1 Å². The van der Waals surface area contributed by atoms with Crippen LogP contribution >= 0.6 is 0 Å². The van der Waals surface area contributed by atoms with Gasteiger partial charge in [0.2, 0.25) is 11.7 Å². The van der Waals surface area contributed by atoms with E-state index in [0.717, 1.165) is 24.7 Å². The number of fused-ring (bicyclic) bond motifs is 1. The molecule has 12 heteroatoms. The summed E-state index contributed by atoms with van der Waals surface area (Å²) in [6, 6.07) is 0.944. The van der Waals surface area contributed by atoms with E-state index in [2.05, 4.69) is 20.2 Å². The standard InChI is InChI=1S/C15H9F6N5O/c16-9-1-7(3-23-12(9)27-6-8-2-14(8,17)18)10-5-26-11(4-22-10)24-25-13(26)15(19,20)21/h1,3-5,8H,2,6H2/t8-/m1/s1. The molecule has 0 aliphatic heterocycles. The minimum absolute atomic E-state index is 0.0144. The fourth-order valence-electron chi connectivity index (χ4n) is 2.45. The van der Waals surface area contributed by atoms with Crippen LogP contribution in [-0.2, 0) is 6.18 Å². The van der Waals surface area contributed by atoms with Crippen LogP contribution in [0.5, 0.6) is 5.88 Å². The molecule has 4 rings (SSSR count). The zero-order valence-corrected chi connectivity index (χ0v) is 13.2. The molecule has 1 aliphatic carbocycles. The van der Waals surface area contributed by atoms with Gasteiger partial charge in [-0.25, -0.2) is 18.2 Å². The van der Waals surface area contributed by atoms with Crippen molar-refractivity contribution in [3.8, 4) is 17.1 Å². The van der Waals surface area contributed by atoms with Gasteiger partial charge in [-0.1, -0.05) is 0 Å². The molecule has 1 atom stereocenters. The van der Waals surface area contributed by atoms with Crippen molar-refractivity contribution in [2.24, 2.45) is 5.92 Å². The van der Waals surface area contributed by atoms with Crippen molar-refractivity contribution >= 4 is 5.65 Å². The van der Waals surface area contributed by atoms with Gasteiger partial charge in [0.25, 0.3) is 5.92 Å². The van der Waals surface area contributed by atoms with Crippen LogP contribution in [0.3, 0.4) is 0 Å². The van der Waals surface area contributed by atoms with E-state index in [0.29, 0.717) is 4.40 Å². The predicted molar refractivity (Wildman–Crippen MR) is 77.5 cm³/mol. The first-order valence-corrected chi connectivity index (χ1v) is 7.60. The third-order valence-electron chi connectivity index (χ3n) is 4.03. The van der Waals surface area contributed by atoms with Gasteiger partial charge in [-0.2, -0.15) is 13.2 Å². The maximum absolute atomic E-state index is 14.1. The zero-order valence-electron chi connectivity index (χ0n) is 13.2. The number of hydrogen-bond acceptors (Lipinski definition) is 5. The second-order valence-electron chi connectivity index (χ2n) is 6.01. The van der Waals surface area contributed by atoms with Crippen LogP contribution in [0, 0.1) is 11.7 Å². The fourth-order valence-corrected chi connectivity index (χ4v) is 2.45. The second-order valence-corrected chi connectivity index (χ2v) is 6.01. The molecule has 0 N–H and O–H groups in total. The molecule has 142 valence electrons. The Hall–Kier alpha value is -2.92. The summed E-state index contributed by atoms with van der Waals surface area (Å²) in [6.07, 6.45) is -1.88. The molecule has 0 unspecified atom stereocenters. The third-order valence-corrected chi connectivity index (χ3v) is 4.03. The van der Waals surface area contributed by atoms with Crippen molar-refractivity contribution in [3.63, 3.8) is 0 Å². The Kier molecular flexibility index (Phi) is 3.75. The average molecular weight is 389 g/mol. The van der Waals surface area contributed by atoms with Crippen LogP contribution in [0.25, 0.3) is 16.9 Å². The second kappa shape index (κ2) is 5.79. The first-order chi connectivity index (χ1) is 12.6. The number of nitrogens with zero attached hydrogens (tertiary/aromatic N) is 5. The van der Waals surface area contributed by atoms with Crippen molar-refractivity contribution in [2.75, 3.05) is 6.61 Å². The molecule has 1 aliphatic rings. The summed E-state index contributed by atoms with van der Waals surface area (Å²) in [6.45, 7) is -0.379. The van der Waals surface area contributed by atoms with E-state index in [9.17, 15) is 26.3 Å². The summed E-state index contributed by atoms with van der Waals surface area (Å²) in [7, 11) is 0. The third kappa shape index (κ3) is 3.26. The molecular formula is C15H9F6N5O. The number of pyridine rings is 1. The van der Waals surface area contributed by atoms with Gasteiger partial charge in [0.15, 0.2) is 11.5 Å². The predicted octanol–water partition coefficient (Wildman–Crippen LogP) is 3.38. The molecule has 0 saturated heterocycles. The Balaban J connectivity index is 1.60. The van der Waals surface area contributed by atoms with Crippen molar-refractivity contribution in [2.45, 2.75) is 18.5 Å². The normalized spacial score (nSPS) is 18.7. The first kappa shape index (κ1) is 17.5. The van der Waals surface area contributed by atoms with E-state index in [4.69, 9.17) is 4.74 Å². The van der Waals surface area contributed by atoms with Gasteiger partial charge in [-0.3, -0.25) is 9.38 Å². The number of ether oxygens (including phenoxy) is 1. The van der Waals surface area contributed by atoms with Crippen molar-refractivity contribution in [1.82, 2.24) is 24.6 Å². The number of alkyl halides is 5. The SMILES string of the molecule is Fc1cc(-c2cn3c(C(F)(F)F)nnc3cn2)cnc1OC[C@H]1CC1(F)F. The van der Waals surface area contributed by atoms with E-state index >= 15 is 0 Å². The Morgan fingerprint density at radius 1 is 1.19 bits per heavy atom. The van der Waals surface area contributed by atoms with Crippen LogP contribution in [0.2, 0.25) is 0 Å². The molecule has 0 radical (unpaired) electrons. The molecular weight excluding hydrogens is 380 g/mol.